The summed E-state index contributed by atoms with van der Waals surface area (Å²) >= 11 is 0. The summed E-state index contributed by atoms with van der Waals surface area (Å²) in [6.45, 7) is 7.30. The minimum atomic E-state index is -0.0630. The van der Waals surface area contributed by atoms with Crippen molar-refractivity contribution in [1.82, 2.24) is 14.5 Å². The first-order chi connectivity index (χ1) is 13.5. The molecule has 2 fully saturated rings. The van der Waals surface area contributed by atoms with E-state index >= 15 is 0 Å². The molecule has 1 N–H and O–H groups in total. The second-order valence-electron chi connectivity index (χ2n) is 8.51. The molecular formula is C22H30N4O2. The van der Waals surface area contributed by atoms with Crippen LogP contribution in [-0.2, 0) is 4.74 Å². The van der Waals surface area contributed by atoms with E-state index in [2.05, 4.69) is 29.8 Å². The monoisotopic (exact) mass is 382 g/mol. The Labute approximate surface area is 166 Å². The standard InChI is InChI=1S/C22H30N4O2/c1-3-28-18-6-10-22(2,11-7-18)25-12-8-17(9-13-25)26-20-14-16(15-23)4-5-19(20)24-21(26)27/h4-5,14,17-18H,3,6-13H2,1-2H3,(H,24,27). The lowest BCUT2D eigenvalue weighted by atomic mass is 9.79. The van der Waals surface area contributed by atoms with E-state index in [1.807, 2.05) is 16.7 Å². The van der Waals surface area contributed by atoms with Crippen LogP contribution in [-0.4, -0.2) is 45.8 Å². The fraction of sp³-hybridized carbons (Fsp3) is 0.636. The molecule has 0 spiro atoms. The molecule has 1 aromatic heterocycles. The maximum Gasteiger partial charge on any atom is 0.326 e. The largest absolute Gasteiger partial charge is 0.379 e. The molecule has 0 atom stereocenters. The summed E-state index contributed by atoms with van der Waals surface area (Å²) in [6, 6.07) is 7.78. The number of hydrogen-bond acceptors (Lipinski definition) is 4. The van der Waals surface area contributed by atoms with E-state index in [1.165, 1.54) is 12.8 Å². The van der Waals surface area contributed by atoms with Gasteiger partial charge in [0.1, 0.15) is 0 Å². The van der Waals surface area contributed by atoms with Crippen LogP contribution in [0, 0.1) is 11.3 Å². The molecule has 1 saturated carbocycles. The zero-order chi connectivity index (χ0) is 19.7. The lowest BCUT2D eigenvalue weighted by molar-refractivity contribution is -0.0273. The van der Waals surface area contributed by atoms with Crippen molar-refractivity contribution >= 4 is 11.0 Å². The Morgan fingerprint density at radius 2 is 1.96 bits per heavy atom. The van der Waals surface area contributed by atoms with Gasteiger partial charge in [0.15, 0.2) is 0 Å². The Balaban J connectivity index is 1.46. The van der Waals surface area contributed by atoms with Crippen molar-refractivity contribution < 1.29 is 4.74 Å². The van der Waals surface area contributed by atoms with E-state index in [4.69, 9.17) is 4.74 Å². The Morgan fingerprint density at radius 1 is 1.25 bits per heavy atom. The first-order valence-electron chi connectivity index (χ1n) is 10.5. The lowest BCUT2D eigenvalue weighted by Gasteiger charge is -2.48. The molecule has 6 heteroatoms. The molecule has 0 bridgehead atoms. The number of likely N-dealkylation sites (tertiary alicyclic amines) is 1. The molecule has 1 aliphatic carbocycles. The predicted molar refractivity (Wildman–Crippen MR) is 109 cm³/mol. The van der Waals surface area contributed by atoms with E-state index in [-0.39, 0.29) is 17.3 Å². The van der Waals surface area contributed by atoms with E-state index in [9.17, 15) is 10.1 Å². The quantitative estimate of drug-likeness (QED) is 0.877. The number of nitrogens with one attached hydrogen (secondary N) is 1. The van der Waals surface area contributed by atoms with Crippen LogP contribution in [0.5, 0.6) is 0 Å². The van der Waals surface area contributed by atoms with Gasteiger partial charge >= 0.3 is 5.69 Å². The third-order valence-corrected chi connectivity index (χ3v) is 6.85. The molecule has 2 heterocycles. The van der Waals surface area contributed by atoms with Gasteiger partial charge in [-0.3, -0.25) is 9.47 Å². The number of ether oxygens (including phenoxy) is 1. The van der Waals surface area contributed by atoms with Crippen molar-refractivity contribution in [2.24, 2.45) is 0 Å². The summed E-state index contributed by atoms with van der Waals surface area (Å²) in [6.07, 6.45) is 7.01. The molecule has 6 nitrogen and oxygen atoms in total. The number of nitrogens with zero attached hydrogens (tertiary/aromatic N) is 3. The van der Waals surface area contributed by atoms with Crippen LogP contribution in [0.4, 0.5) is 0 Å². The summed E-state index contributed by atoms with van der Waals surface area (Å²) in [5, 5.41) is 9.20. The van der Waals surface area contributed by atoms with Gasteiger partial charge in [0.05, 0.1) is 28.8 Å². The van der Waals surface area contributed by atoms with Crippen molar-refractivity contribution in [2.75, 3.05) is 19.7 Å². The number of H-pyrrole nitrogens is 1. The van der Waals surface area contributed by atoms with Crippen molar-refractivity contribution in [1.29, 1.82) is 5.26 Å². The Bertz CT molecular complexity index is 922. The molecule has 1 aromatic carbocycles. The lowest BCUT2D eigenvalue weighted by Crippen LogP contribution is -2.53. The van der Waals surface area contributed by atoms with Gasteiger partial charge in [-0.25, -0.2) is 4.79 Å². The summed E-state index contributed by atoms with van der Waals surface area (Å²) in [7, 11) is 0. The number of piperidine rings is 1. The number of rotatable bonds is 4. The topological polar surface area (TPSA) is 74.0 Å². The van der Waals surface area contributed by atoms with Gasteiger partial charge in [0.25, 0.3) is 0 Å². The van der Waals surface area contributed by atoms with Crippen molar-refractivity contribution in [3.63, 3.8) is 0 Å². The van der Waals surface area contributed by atoms with E-state index in [0.717, 1.165) is 56.4 Å². The fourth-order valence-corrected chi connectivity index (χ4v) is 5.15. The number of benzene rings is 1. The Hall–Kier alpha value is -2.10. The summed E-state index contributed by atoms with van der Waals surface area (Å²) in [5.41, 5.74) is 2.44. The van der Waals surface area contributed by atoms with Gasteiger partial charge in [-0.2, -0.15) is 5.26 Å². The summed E-state index contributed by atoms with van der Waals surface area (Å²) < 4.78 is 7.70. The van der Waals surface area contributed by atoms with E-state index in [0.29, 0.717) is 11.7 Å². The van der Waals surface area contributed by atoms with Gasteiger partial charge < -0.3 is 9.72 Å². The van der Waals surface area contributed by atoms with Gasteiger partial charge in [-0.05, 0) is 70.6 Å². The molecule has 28 heavy (non-hydrogen) atoms. The van der Waals surface area contributed by atoms with Gasteiger partial charge in [0.2, 0.25) is 0 Å². The second kappa shape index (κ2) is 7.73. The molecule has 0 unspecified atom stereocenters. The highest BCUT2D eigenvalue weighted by Gasteiger charge is 2.38. The third kappa shape index (κ3) is 3.49. The minimum absolute atomic E-state index is 0.0630. The van der Waals surface area contributed by atoms with E-state index < -0.39 is 0 Å². The van der Waals surface area contributed by atoms with Crippen molar-refractivity contribution in [3.05, 3.63) is 34.2 Å². The van der Waals surface area contributed by atoms with Crippen LogP contribution >= 0.6 is 0 Å². The zero-order valence-corrected chi connectivity index (χ0v) is 16.9. The first kappa shape index (κ1) is 19.2. The second-order valence-corrected chi connectivity index (χ2v) is 8.51. The van der Waals surface area contributed by atoms with Crippen LogP contribution < -0.4 is 5.69 Å². The minimum Gasteiger partial charge on any atom is -0.379 e. The van der Waals surface area contributed by atoms with Gasteiger partial charge in [0, 0.05) is 31.3 Å². The molecule has 4 rings (SSSR count). The maximum atomic E-state index is 12.6. The van der Waals surface area contributed by atoms with Crippen LogP contribution in [0.2, 0.25) is 0 Å². The molecular weight excluding hydrogens is 352 g/mol. The molecule has 1 aliphatic heterocycles. The Morgan fingerprint density at radius 3 is 2.61 bits per heavy atom. The van der Waals surface area contributed by atoms with Crippen molar-refractivity contribution in [2.45, 2.75) is 70.1 Å². The number of fused-ring (bicyclic) bond motifs is 1. The van der Waals surface area contributed by atoms with Crippen LogP contribution in [0.3, 0.4) is 0 Å². The molecule has 0 amide bonds. The van der Waals surface area contributed by atoms with Gasteiger partial charge in [-0.1, -0.05) is 0 Å². The Kier molecular flexibility index (Phi) is 5.31. The fourth-order valence-electron chi connectivity index (χ4n) is 5.15. The maximum absolute atomic E-state index is 12.6. The highest BCUT2D eigenvalue weighted by molar-refractivity contribution is 5.77. The molecule has 1 saturated heterocycles. The van der Waals surface area contributed by atoms with Crippen LogP contribution in [0.1, 0.15) is 64.0 Å². The average Bonchev–Trinajstić information content (AvgIpc) is 3.05. The normalized spacial score (nSPS) is 27.1. The number of aromatic nitrogens is 2. The third-order valence-electron chi connectivity index (χ3n) is 6.85. The molecule has 2 aromatic rings. The molecule has 150 valence electrons. The molecule has 0 radical (unpaired) electrons. The predicted octanol–water partition coefficient (Wildman–Crippen LogP) is 3.58. The van der Waals surface area contributed by atoms with E-state index in [1.54, 1.807) is 6.07 Å². The number of aromatic amines is 1. The van der Waals surface area contributed by atoms with Gasteiger partial charge in [-0.15, -0.1) is 0 Å². The number of imidazole rings is 1. The first-order valence-corrected chi connectivity index (χ1v) is 10.5. The molecule has 2 aliphatic rings. The SMILES string of the molecule is CCOC1CCC(C)(N2CCC(n3c(=O)[nH]c4ccc(C#N)cc43)CC2)CC1. The van der Waals surface area contributed by atoms with Crippen LogP contribution in [0.15, 0.2) is 23.0 Å². The smallest absolute Gasteiger partial charge is 0.326 e. The zero-order valence-electron chi connectivity index (χ0n) is 16.9. The number of hydrogen-bond donors (Lipinski definition) is 1. The average molecular weight is 383 g/mol. The van der Waals surface area contributed by atoms with Crippen molar-refractivity contribution in [3.8, 4) is 6.07 Å². The van der Waals surface area contributed by atoms with Crippen LogP contribution in [0.25, 0.3) is 11.0 Å². The highest BCUT2D eigenvalue weighted by Crippen LogP contribution is 2.38. The summed E-state index contributed by atoms with van der Waals surface area (Å²) in [4.78, 5) is 18.2. The summed E-state index contributed by atoms with van der Waals surface area (Å²) in [5.74, 6) is 0. The highest BCUT2D eigenvalue weighted by atomic mass is 16.5. The number of nitriles is 1.